The topological polar surface area (TPSA) is 39.5 Å². The molecule has 2 heterocycles. The number of anilines is 1. The van der Waals surface area contributed by atoms with Crippen molar-refractivity contribution >= 4 is 5.95 Å². The van der Waals surface area contributed by atoms with Crippen molar-refractivity contribution in [1.29, 1.82) is 0 Å². The van der Waals surface area contributed by atoms with Gasteiger partial charge in [-0.1, -0.05) is 0 Å². The normalized spacial score (nSPS) is 17.7. The lowest BCUT2D eigenvalue weighted by atomic mass is 10.1. The van der Waals surface area contributed by atoms with Crippen molar-refractivity contribution in [3.8, 4) is 0 Å². The smallest absolute Gasteiger partial charge is 0.206 e. The Morgan fingerprint density at radius 1 is 1.33 bits per heavy atom. The molecular weight excluding hydrogens is 230 g/mol. The van der Waals surface area contributed by atoms with Gasteiger partial charge in [0.2, 0.25) is 5.95 Å². The van der Waals surface area contributed by atoms with Crippen LogP contribution in [0, 0.1) is 0 Å². The van der Waals surface area contributed by atoms with Crippen molar-refractivity contribution in [1.82, 2.24) is 9.55 Å². The van der Waals surface area contributed by atoms with Crippen molar-refractivity contribution < 1.29 is 9.78 Å². The van der Waals surface area contributed by atoms with E-state index in [1.807, 2.05) is 6.92 Å². The SMILES string of the molecule is COOC(C)c1cn2c(n1)N(C(C)(C)C)CCC2. The zero-order valence-electron chi connectivity index (χ0n) is 11.9. The molecule has 1 aromatic rings. The van der Waals surface area contributed by atoms with Gasteiger partial charge in [0.25, 0.3) is 0 Å². The molecule has 5 nitrogen and oxygen atoms in total. The summed E-state index contributed by atoms with van der Waals surface area (Å²) in [6.45, 7) is 10.7. The molecule has 5 heteroatoms. The third kappa shape index (κ3) is 2.52. The quantitative estimate of drug-likeness (QED) is 0.613. The highest BCUT2D eigenvalue weighted by atomic mass is 17.2. The fraction of sp³-hybridized carbons (Fsp3) is 0.769. The van der Waals surface area contributed by atoms with Crippen LogP contribution in [0.25, 0.3) is 0 Å². The summed E-state index contributed by atoms with van der Waals surface area (Å²) in [7, 11) is 1.52. The van der Waals surface area contributed by atoms with Crippen LogP contribution in [0.3, 0.4) is 0 Å². The number of hydrogen-bond acceptors (Lipinski definition) is 4. The molecule has 0 amide bonds. The van der Waals surface area contributed by atoms with Gasteiger partial charge in [0.1, 0.15) is 6.10 Å². The Hall–Kier alpha value is -1.07. The second-order valence-electron chi connectivity index (χ2n) is 5.74. The van der Waals surface area contributed by atoms with Crippen LogP contribution in [0.2, 0.25) is 0 Å². The predicted molar refractivity (Wildman–Crippen MR) is 70.5 cm³/mol. The molecule has 1 aromatic heterocycles. The van der Waals surface area contributed by atoms with Gasteiger partial charge in [-0.3, -0.25) is 0 Å². The minimum atomic E-state index is -0.144. The van der Waals surface area contributed by atoms with Gasteiger partial charge in [-0.15, -0.1) is 0 Å². The molecule has 0 saturated heterocycles. The maximum absolute atomic E-state index is 5.13. The Bertz CT molecular complexity index is 409. The van der Waals surface area contributed by atoms with Gasteiger partial charge in [0.15, 0.2) is 0 Å². The van der Waals surface area contributed by atoms with Crippen molar-refractivity contribution in [3.63, 3.8) is 0 Å². The summed E-state index contributed by atoms with van der Waals surface area (Å²) < 4.78 is 2.21. The van der Waals surface area contributed by atoms with Crippen molar-refractivity contribution in [2.24, 2.45) is 0 Å². The Morgan fingerprint density at radius 3 is 2.67 bits per heavy atom. The molecule has 1 aliphatic rings. The Morgan fingerprint density at radius 2 is 2.06 bits per heavy atom. The fourth-order valence-electron chi connectivity index (χ4n) is 2.33. The number of imidazole rings is 1. The van der Waals surface area contributed by atoms with E-state index in [0.29, 0.717) is 0 Å². The standard InChI is InChI=1S/C13H23N3O2/c1-10(18-17-5)11-9-15-7-6-8-16(12(15)14-11)13(2,3)4/h9-10H,6-8H2,1-5H3. The molecule has 0 spiro atoms. The second-order valence-corrected chi connectivity index (χ2v) is 5.74. The first kappa shape index (κ1) is 13.4. The van der Waals surface area contributed by atoms with E-state index in [0.717, 1.165) is 31.2 Å². The maximum atomic E-state index is 5.13. The van der Waals surface area contributed by atoms with Gasteiger partial charge in [-0.2, -0.15) is 0 Å². The van der Waals surface area contributed by atoms with Crippen LogP contribution in [0.4, 0.5) is 5.95 Å². The first-order valence-corrected chi connectivity index (χ1v) is 6.47. The largest absolute Gasteiger partial charge is 0.337 e. The molecule has 1 aliphatic heterocycles. The van der Waals surface area contributed by atoms with Crippen LogP contribution in [-0.2, 0) is 16.3 Å². The molecule has 0 radical (unpaired) electrons. The van der Waals surface area contributed by atoms with E-state index < -0.39 is 0 Å². The lowest BCUT2D eigenvalue weighted by molar-refractivity contribution is -0.304. The summed E-state index contributed by atoms with van der Waals surface area (Å²) in [6, 6.07) is 0. The summed E-state index contributed by atoms with van der Waals surface area (Å²) >= 11 is 0. The highest BCUT2D eigenvalue weighted by molar-refractivity contribution is 5.39. The Kier molecular flexibility index (Phi) is 3.64. The van der Waals surface area contributed by atoms with E-state index in [4.69, 9.17) is 14.8 Å². The first-order valence-electron chi connectivity index (χ1n) is 6.47. The van der Waals surface area contributed by atoms with Gasteiger partial charge in [-0.25, -0.2) is 14.8 Å². The molecule has 18 heavy (non-hydrogen) atoms. The van der Waals surface area contributed by atoms with Gasteiger partial charge in [-0.05, 0) is 34.1 Å². The number of aryl methyl sites for hydroxylation is 1. The summed E-state index contributed by atoms with van der Waals surface area (Å²) in [5, 5.41) is 0. The molecule has 0 saturated carbocycles. The maximum Gasteiger partial charge on any atom is 0.206 e. The zero-order chi connectivity index (χ0) is 13.3. The lowest BCUT2D eigenvalue weighted by Crippen LogP contribution is -2.46. The molecule has 102 valence electrons. The van der Waals surface area contributed by atoms with Crippen molar-refractivity contribution in [2.45, 2.75) is 52.3 Å². The van der Waals surface area contributed by atoms with Crippen molar-refractivity contribution in [3.05, 3.63) is 11.9 Å². The van der Waals surface area contributed by atoms with E-state index >= 15 is 0 Å². The van der Waals surface area contributed by atoms with Crippen LogP contribution >= 0.6 is 0 Å². The second kappa shape index (κ2) is 4.90. The van der Waals surface area contributed by atoms with Crippen LogP contribution in [0.5, 0.6) is 0 Å². The minimum absolute atomic E-state index is 0.0894. The summed E-state index contributed by atoms with van der Waals surface area (Å²) in [6.07, 6.45) is 3.08. The summed E-state index contributed by atoms with van der Waals surface area (Å²) in [4.78, 5) is 16.9. The molecule has 0 fully saturated rings. The Labute approximate surface area is 109 Å². The third-order valence-electron chi connectivity index (χ3n) is 3.26. The minimum Gasteiger partial charge on any atom is -0.337 e. The van der Waals surface area contributed by atoms with Gasteiger partial charge in [0.05, 0.1) is 12.8 Å². The lowest BCUT2D eigenvalue weighted by Gasteiger charge is -2.39. The fourth-order valence-corrected chi connectivity index (χ4v) is 2.33. The van der Waals surface area contributed by atoms with Gasteiger partial charge < -0.3 is 9.47 Å². The summed E-state index contributed by atoms with van der Waals surface area (Å²) in [5.41, 5.74) is 1.01. The number of hydrogen-bond donors (Lipinski definition) is 0. The highest BCUT2D eigenvalue weighted by Crippen LogP contribution is 2.29. The number of aromatic nitrogens is 2. The molecule has 2 rings (SSSR count). The van der Waals surface area contributed by atoms with E-state index in [1.165, 1.54) is 7.11 Å². The van der Waals surface area contributed by atoms with Crippen LogP contribution < -0.4 is 4.90 Å². The van der Waals surface area contributed by atoms with Crippen LogP contribution in [0.1, 0.15) is 45.9 Å². The average Bonchev–Trinajstić information content (AvgIpc) is 2.71. The molecule has 1 unspecified atom stereocenters. The molecule has 0 aromatic carbocycles. The van der Waals surface area contributed by atoms with E-state index in [9.17, 15) is 0 Å². The molecular formula is C13H23N3O2. The first-order chi connectivity index (χ1) is 8.43. The number of nitrogens with zero attached hydrogens (tertiary/aromatic N) is 3. The van der Waals surface area contributed by atoms with Crippen molar-refractivity contribution in [2.75, 3.05) is 18.6 Å². The highest BCUT2D eigenvalue weighted by Gasteiger charge is 2.29. The molecule has 0 aliphatic carbocycles. The Balaban J connectivity index is 2.29. The van der Waals surface area contributed by atoms with Crippen LogP contribution in [-0.4, -0.2) is 28.7 Å². The number of rotatable bonds is 3. The van der Waals surface area contributed by atoms with E-state index in [2.05, 4.69) is 36.4 Å². The average molecular weight is 253 g/mol. The van der Waals surface area contributed by atoms with Crippen LogP contribution in [0.15, 0.2) is 6.20 Å². The zero-order valence-corrected chi connectivity index (χ0v) is 11.9. The van der Waals surface area contributed by atoms with Gasteiger partial charge >= 0.3 is 0 Å². The van der Waals surface area contributed by atoms with E-state index in [1.54, 1.807) is 0 Å². The summed E-state index contributed by atoms with van der Waals surface area (Å²) in [5.74, 6) is 1.04. The predicted octanol–water partition coefficient (Wildman–Crippen LogP) is 2.53. The number of fused-ring (bicyclic) bond motifs is 1. The van der Waals surface area contributed by atoms with E-state index in [-0.39, 0.29) is 11.6 Å². The molecule has 0 N–H and O–H groups in total. The molecule has 0 bridgehead atoms. The molecule has 1 atom stereocenters. The van der Waals surface area contributed by atoms with Gasteiger partial charge in [0, 0.05) is 24.8 Å². The monoisotopic (exact) mass is 253 g/mol. The third-order valence-corrected chi connectivity index (χ3v) is 3.26.